The number of nitrogen functional groups attached to an aromatic ring is 1. The molecule has 1 aromatic heterocycles. The van der Waals surface area contributed by atoms with E-state index >= 15 is 0 Å². The van der Waals surface area contributed by atoms with Crippen LogP contribution >= 0.6 is 0 Å². The Balaban J connectivity index is 2.00. The van der Waals surface area contributed by atoms with Crippen LogP contribution in [0.15, 0.2) is 30.3 Å². The molecule has 2 rings (SSSR count). The Morgan fingerprint density at radius 3 is 2.50 bits per heavy atom. The lowest BCUT2D eigenvalue weighted by atomic mass is 10.1. The standard InChI is InChI=1S/C13H13F3N4/c14-9-3-1-2-8(6-9)4-5-18-12-10(15)7-11(16)13(19-12)20-17/h1-3,6-7H,4-5,17H2,(H2,18,19,20). The van der Waals surface area contributed by atoms with E-state index in [-0.39, 0.29) is 17.5 Å². The van der Waals surface area contributed by atoms with Crippen LogP contribution in [0.1, 0.15) is 5.56 Å². The predicted octanol–water partition coefficient (Wildman–Crippen LogP) is 2.44. The van der Waals surface area contributed by atoms with Crippen LogP contribution in [0, 0.1) is 17.5 Å². The van der Waals surface area contributed by atoms with E-state index in [0.29, 0.717) is 19.0 Å². The van der Waals surface area contributed by atoms with E-state index in [4.69, 9.17) is 5.84 Å². The number of hydrazine groups is 1. The Morgan fingerprint density at radius 1 is 1.05 bits per heavy atom. The molecule has 1 aromatic carbocycles. The summed E-state index contributed by atoms with van der Waals surface area (Å²) < 4.78 is 39.6. The molecule has 0 aliphatic rings. The van der Waals surface area contributed by atoms with Gasteiger partial charge in [-0.05, 0) is 24.1 Å². The first kappa shape index (κ1) is 14.1. The maximum atomic E-state index is 13.5. The van der Waals surface area contributed by atoms with Crippen molar-refractivity contribution in [1.82, 2.24) is 4.98 Å². The Morgan fingerprint density at radius 2 is 1.80 bits per heavy atom. The lowest BCUT2D eigenvalue weighted by molar-refractivity contribution is 0.578. The van der Waals surface area contributed by atoms with Crippen molar-refractivity contribution in [2.24, 2.45) is 5.84 Å². The van der Waals surface area contributed by atoms with E-state index in [0.717, 1.165) is 5.56 Å². The van der Waals surface area contributed by atoms with Crippen molar-refractivity contribution in [3.05, 3.63) is 53.3 Å². The third-order valence-corrected chi connectivity index (χ3v) is 2.66. The van der Waals surface area contributed by atoms with Gasteiger partial charge in [0.1, 0.15) is 5.82 Å². The summed E-state index contributed by atoms with van der Waals surface area (Å²) in [6, 6.07) is 6.77. The first-order valence-corrected chi connectivity index (χ1v) is 5.91. The van der Waals surface area contributed by atoms with Crippen LogP contribution in [0.2, 0.25) is 0 Å². The molecule has 0 spiro atoms. The van der Waals surface area contributed by atoms with Crippen LogP contribution in [0.3, 0.4) is 0 Å². The number of aromatic nitrogens is 1. The summed E-state index contributed by atoms with van der Waals surface area (Å²) >= 11 is 0. The summed E-state index contributed by atoms with van der Waals surface area (Å²) in [6.45, 7) is 0.322. The second kappa shape index (κ2) is 6.25. The van der Waals surface area contributed by atoms with Crippen molar-refractivity contribution in [1.29, 1.82) is 0 Å². The number of halogens is 3. The average molecular weight is 282 g/mol. The normalized spacial score (nSPS) is 10.4. The van der Waals surface area contributed by atoms with Crippen molar-refractivity contribution < 1.29 is 13.2 Å². The molecule has 0 bridgehead atoms. The van der Waals surface area contributed by atoms with Gasteiger partial charge in [0, 0.05) is 12.6 Å². The van der Waals surface area contributed by atoms with Crippen LogP contribution in [-0.4, -0.2) is 11.5 Å². The predicted molar refractivity (Wildman–Crippen MR) is 70.6 cm³/mol. The third-order valence-electron chi connectivity index (χ3n) is 2.66. The zero-order chi connectivity index (χ0) is 14.5. The number of nitrogens with two attached hydrogens (primary N) is 1. The molecule has 106 valence electrons. The van der Waals surface area contributed by atoms with Gasteiger partial charge in [-0.2, -0.15) is 0 Å². The molecular formula is C13H13F3N4. The molecule has 0 atom stereocenters. The van der Waals surface area contributed by atoms with Crippen molar-refractivity contribution in [3.8, 4) is 0 Å². The number of hydrogen-bond donors (Lipinski definition) is 3. The summed E-state index contributed by atoms with van der Waals surface area (Å²) in [5, 5.41) is 2.71. The molecule has 7 heteroatoms. The van der Waals surface area contributed by atoms with E-state index in [1.165, 1.54) is 12.1 Å². The highest BCUT2D eigenvalue weighted by atomic mass is 19.1. The fourth-order valence-corrected chi connectivity index (χ4v) is 1.71. The van der Waals surface area contributed by atoms with Gasteiger partial charge in [0.05, 0.1) is 0 Å². The van der Waals surface area contributed by atoms with Gasteiger partial charge in [-0.25, -0.2) is 24.0 Å². The summed E-state index contributed by atoms with van der Waals surface area (Å²) in [4.78, 5) is 3.67. The SMILES string of the molecule is NNc1nc(NCCc2cccc(F)c2)c(F)cc1F. The zero-order valence-electron chi connectivity index (χ0n) is 10.5. The van der Waals surface area contributed by atoms with Gasteiger partial charge in [-0.1, -0.05) is 12.1 Å². The molecule has 20 heavy (non-hydrogen) atoms. The van der Waals surface area contributed by atoms with Crippen LogP contribution in [0.5, 0.6) is 0 Å². The van der Waals surface area contributed by atoms with E-state index in [9.17, 15) is 13.2 Å². The first-order valence-electron chi connectivity index (χ1n) is 5.91. The summed E-state index contributed by atoms with van der Waals surface area (Å²) in [7, 11) is 0. The molecule has 0 aliphatic heterocycles. The minimum absolute atomic E-state index is 0.115. The van der Waals surface area contributed by atoms with Gasteiger partial charge < -0.3 is 10.7 Å². The Labute approximate surface area is 113 Å². The van der Waals surface area contributed by atoms with Crippen molar-refractivity contribution in [2.75, 3.05) is 17.3 Å². The number of hydrogen-bond acceptors (Lipinski definition) is 4. The summed E-state index contributed by atoms with van der Waals surface area (Å²) in [5.74, 6) is 2.67. The van der Waals surface area contributed by atoms with E-state index in [2.05, 4.69) is 10.3 Å². The number of anilines is 2. The maximum absolute atomic E-state index is 13.5. The van der Waals surface area contributed by atoms with Gasteiger partial charge in [0.15, 0.2) is 23.3 Å². The number of benzene rings is 1. The molecule has 0 fully saturated rings. The Hall–Kier alpha value is -2.28. The van der Waals surface area contributed by atoms with E-state index in [1.54, 1.807) is 12.1 Å². The highest BCUT2D eigenvalue weighted by molar-refractivity contribution is 5.46. The Kier molecular flexibility index (Phi) is 4.41. The minimum Gasteiger partial charge on any atom is -0.367 e. The molecule has 0 saturated heterocycles. The zero-order valence-corrected chi connectivity index (χ0v) is 10.5. The van der Waals surface area contributed by atoms with Crippen LogP contribution < -0.4 is 16.6 Å². The average Bonchev–Trinajstić information content (AvgIpc) is 2.41. The first-order chi connectivity index (χ1) is 9.60. The lowest BCUT2D eigenvalue weighted by Crippen LogP contribution is -2.14. The highest BCUT2D eigenvalue weighted by Crippen LogP contribution is 2.18. The fraction of sp³-hybridized carbons (Fsp3) is 0.154. The molecule has 1 heterocycles. The smallest absolute Gasteiger partial charge is 0.178 e. The molecule has 0 aliphatic carbocycles. The number of nitrogens with zero attached hydrogens (tertiary/aromatic N) is 1. The topological polar surface area (TPSA) is 63.0 Å². The number of nitrogens with one attached hydrogen (secondary N) is 2. The molecule has 4 N–H and O–H groups in total. The second-order valence-corrected chi connectivity index (χ2v) is 4.10. The molecule has 4 nitrogen and oxygen atoms in total. The molecule has 0 unspecified atom stereocenters. The van der Waals surface area contributed by atoms with Gasteiger partial charge in [0.2, 0.25) is 0 Å². The van der Waals surface area contributed by atoms with Crippen molar-refractivity contribution in [3.63, 3.8) is 0 Å². The molecule has 0 radical (unpaired) electrons. The molecule has 2 aromatic rings. The lowest BCUT2D eigenvalue weighted by Gasteiger charge is -2.09. The highest BCUT2D eigenvalue weighted by Gasteiger charge is 2.10. The van der Waals surface area contributed by atoms with Gasteiger partial charge in [-0.3, -0.25) is 0 Å². The second-order valence-electron chi connectivity index (χ2n) is 4.10. The van der Waals surface area contributed by atoms with Crippen molar-refractivity contribution >= 4 is 11.6 Å². The summed E-state index contributed by atoms with van der Waals surface area (Å²) in [6.07, 6.45) is 0.474. The van der Waals surface area contributed by atoms with E-state index in [1.807, 2.05) is 5.43 Å². The summed E-state index contributed by atoms with van der Waals surface area (Å²) in [5.41, 5.74) is 2.80. The number of pyridine rings is 1. The van der Waals surface area contributed by atoms with E-state index < -0.39 is 11.6 Å². The van der Waals surface area contributed by atoms with Gasteiger partial charge in [-0.15, -0.1) is 0 Å². The minimum atomic E-state index is -0.874. The van der Waals surface area contributed by atoms with Crippen LogP contribution in [-0.2, 0) is 6.42 Å². The van der Waals surface area contributed by atoms with Crippen molar-refractivity contribution in [2.45, 2.75) is 6.42 Å². The largest absolute Gasteiger partial charge is 0.367 e. The monoisotopic (exact) mass is 282 g/mol. The van der Waals surface area contributed by atoms with Crippen LogP contribution in [0.4, 0.5) is 24.8 Å². The third kappa shape index (κ3) is 3.39. The quantitative estimate of drug-likeness (QED) is 0.582. The molecule has 0 amide bonds. The van der Waals surface area contributed by atoms with Crippen LogP contribution in [0.25, 0.3) is 0 Å². The molecular weight excluding hydrogens is 269 g/mol. The fourth-order valence-electron chi connectivity index (χ4n) is 1.71. The maximum Gasteiger partial charge on any atom is 0.178 e. The van der Waals surface area contributed by atoms with Gasteiger partial charge >= 0.3 is 0 Å². The van der Waals surface area contributed by atoms with Gasteiger partial charge in [0.25, 0.3) is 0 Å². The Bertz CT molecular complexity index is 604. The number of rotatable bonds is 5. The molecule has 0 saturated carbocycles.